The summed E-state index contributed by atoms with van der Waals surface area (Å²) in [5.41, 5.74) is -0.0467. The second-order valence-electron chi connectivity index (χ2n) is 3.79. The minimum absolute atomic E-state index is 0.106. The fourth-order valence-electron chi connectivity index (χ4n) is 1.51. The summed E-state index contributed by atoms with van der Waals surface area (Å²) in [5, 5.41) is 11.0. The molecule has 0 aliphatic rings. The third-order valence-electron chi connectivity index (χ3n) is 2.41. The Morgan fingerprint density at radius 2 is 2.05 bits per heavy atom. The molecular formula is C13H9ClFNO3. The van der Waals surface area contributed by atoms with Gasteiger partial charge in [-0.25, -0.2) is 0 Å². The lowest BCUT2D eigenvalue weighted by Gasteiger charge is -2.06. The lowest BCUT2D eigenvalue weighted by atomic mass is 10.2. The van der Waals surface area contributed by atoms with Crippen LogP contribution in [0.4, 0.5) is 10.1 Å². The lowest BCUT2D eigenvalue weighted by molar-refractivity contribution is -0.387. The van der Waals surface area contributed by atoms with Crippen molar-refractivity contribution in [1.82, 2.24) is 0 Å². The number of nitro benzene ring substituents is 1. The first kappa shape index (κ1) is 13.3. The molecule has 0 bridgehead atoms. The largest absolute Gasteiger partial charge is 0.489 e. The molecule has 0 fully saturated rings. The van der Waals surface area contributed by atoms with Gasteiger partial charge in [0.25, 0.3) is 0 Å². The zero-order valence-corrected chi connectivity index (χ0v) is 10.4. The molecule has 98 valence electrons. The molecular weight excluding hydrogens is 273 g/mol. The number of nitrogens with zero attached hydrogens (tertiary/aromatic N) is 1. The summed E-state index contributed by atoms with van der Waals surface area (Å²) < 4.78 is 18.8. The van der Waals surface area contributed by atoms with Crippen LogP contribution >= 0.6 is 11.6 Å². The van der Waals surface area contributed by atoms with E-state index in [0.717, 1.165) is 12.1 Å². The van der Waals surface area contributed by atoms with Crippen molar-refractivity contribution in [3.05, 3.63) is 69.0 Å². The van der Waals surface area contributed by atoms with Crippen LogP contribution in [0.3, 0.4) is 0 Å². The number of benzene rings is 2. The summed E-state index contributed by atoms with van der Waals surface area (Å²) in [6.07, 6.45) is 0. The minimum atomic E-state index is -0.878. The molecule has 2 aromatic carbocycles. The zero-order chi connectivity index (χ0) is 13.8. The first-order valence-electron chi connectivity index (χ1n) is 5.37. The van der Waals surface area contributed by atoms with Gasteiger partial charge in [0.05, 0.1) is 4.92 Å². The maximum Gasteiger partial charge on any atom is 0.304 e. The Morgan fingerprint density at radius 1 is 1.26 bits per heavy atom. The van der Waals surface area contributed by atoms with Gasteiger partial charge in [-0.05, 0) is 35.9 Å². The van der Waals surface area contributed by atoms with Crippen LogP contribution in [-0.4, -0.2) is 4.92 Å². The highest BCUT2D eigenvalue weighted by Gasteiger charge is 2.13. The van der Waals surface area contributed by atoms with E-state index in [2.05, 4.69) is 0 Å². The summed E-state index contributed by atoms with van der Waals surface area (Å²) >= 11 is 5.79. The number of nitro groups is 1. The van der Waals surface area contributed by atoms with Crippen LogP contribution in [0.1, 0.15) is 5.56 Å². The molecule has 2 rings (SSSR count). The fraction of sp³-hybridized carbons (Fsp3) is 0.0769. The van der Waals surface area contributed by atoms with Crippen LogP contribution in [0, 0.1) is 15.9 Å². The first-order chi connectivity index (χ1) is 9.06. The van der Waals surface area contributed by atoms with Crippen molar-refractivity contribution in [1.29, 1.82) is 0 Å². The van der Waals surface area contributed by atoms with Crippen molar-refractivity contribution in [2.45, 2.75) is 6.61 Å². The standard InChI is InChI=1S/C13H9ClFNO3/c14-10-2-1-3-11(7-10)19-8-9-4-5-13(16(17)18)12(15)6-9/h1-7H,8H2. The summed E-state index contributed by atoms with van der Waals surface area (Å²) in [6.45, 7) is 0.106. The molecule has 4 nitrogen and oxygen atoms in total. The van der Waals surface area contributed by atoms with Crippen LogP contribution in [0.5, 0.6) is 5.75 Å². The Balaban J connectivity index is 2.08. The topological polar surface area (TPSA) is 52.4 Å². The smallest absolute Gasteiger partial charge is 0.304 e. The molecule has 0 N–H and O–H groups in total. The highest BCUT2D eigenvalue weighted by Crippen LogP contribution is 2.21. The van der Waals surface area contributed by atoms with Crippen LogP contribution in [0.25, 0.3) is 0 Å². The lowest BCUT2D eigenvalue weighted by Crippen LogP contribution is -1.98. The van der Waals surface area contributed by atoms with Crippen LogP contribution in [0.15, 0.2) is 42.5 Å². The molecule has 0 atom stereocenters. The summed E-state index contributed by atoms with van der Waals surface area (Å²) in [5.74, 6) is -0.330. The van der Waals surface area contributed by atoms with Crippen molar-refractivity contribution in [2.75, 3.05) is 0 Å². The summed E-state index contributed by atoms with van der Waals surface area (Å²) in [7, 11) is 0. The summed E-state index contributed by atoms with van der Waals surface area (Å²) in [4.78, 5) is 9.70. The van der Waals surface area contributed by atoms with Gasteiger partial charge in [-0.2, -0.15) is 4.39 Å². The maximum atomic E-state index is 13.4. The highest BCUT2D eigenvalue weighted by molar-refractivity contribution is 6.30. The van der Waals surface area contributed by atoms with Gasteiger partial charge in [0, 0.05) is 11.1 Å². The van der Waals surface area contributed by atoms with Crippen molar-refractivity contribution in [3.8, 4) is 5.75 Å². The van der Waals surface area contributed by atoms with Crippen LogP contribution in [-0.2, 0) is 6.61 Å². The van der Waals surface area contributed by atoms with E-state index in [1.807, 2.05) is 0 Å². The molecule has 0 amide bonds. The SMILES string of the molecule is O=[N+]([O-])c1ccc(COc2cccc(Cl)c2)cc1F. The predicted octanol–water partition coefficient (Wildman–Crippen LogP) is 3.97. The van der Waals surface area contributed by atoms with Gasteiger partial charge >= 0.3 is 5.69 Å². The Hall–Kier alpha value is -2.14. The van der Waals surface area contributed by atoms with Gasteiger partial charge < -0.3 is 4.74 Å². The van der Waals surface area contributed by atoms with Crippen LogP contribution < -0.4 is 4.74 Å². The van der Waals surface area contributed by atoms with Gasteiger partial charge in [-0.15, -0.1) is 0 Å². The van der Waals surface area contributed by atoms with E-state index in [-0.39, 0.29) is 6.61 Å². The number of hydrogen-bond acceptors (Lipinski definition) is 3. The van der Waals surface area contributed by atoms with Gasteiger partial charge in [0.1, 0.15) is 12.4 Å². The average molecular weight is 282 g/mol. The number of rotatable bonds is 4. The predicted molar refractivity (Wildman–Crippen MR) is 68.8 cm³/mol. The molecule has 0 radical (unpaired) electrons. The number of ether oxygens (including phenoxy) is 1. The second kappa shape index (κ2) is 5.67. The van der Waals surface area contributed by atoms with E-state index in [1.54, 1.807) is 24.3 Å². The summed E-state index contributed by atoms with van der Waals surface area (Å²) in [6, 6.07) is 10.4. The van der Waals surface area contributed by atoms with Crippen molar-refractivity contribution < 1.29 is 14.1 Å². The quantitative estimate of drug-likeness (QED) is 0.629. The van der Waals surface area contributed by atoms with E-state index >= 15 is 0 Å². The van der Waals surface area contributed by atoms with E-state index in [1.165, 1.54) is 6.07 Å². The number of halogens is 2. The van der Waals surface area contributed by atoms with Gasteiger partial charge in [-0.1, -0.05) is 17.7 Å². The molecule has 0 saturated carbocycles. The van der Waals surface area contributed by atoms with E-state index < -0.39 is 16.4 Å². The molecule has 0 unspecified atom stereocenters. The fourth-order valence-corrected chi connectivity index (χ4v) is 1.69. The zero-order valence-electron chi connectivity index (χ0n) is 9.68. The molecule has 0 aliphatic heterocycles. The number of hydrogen-bond donors (Lipinski definition) is 0. The molecule has 0 saturated heterocycles. The molecule has 19 heavy (non-hydrogen) atoms. The van der Waals surface area contributed by atoms with Crippen LogP contribution in [0.2, 0.25) is 5.02 Å². The van der Waals surface area contributed by atoms with Crippen molar-refractivity contribution in [3.63, 3.8) is 0 Å². The third kappa shape index (κ3) is 3.42. The molecule has 0 heterocycles. The monoisotopic (exact) mass is 281 g/mol. The minimum Gasteiger partial charge on any atom is -0.489 e. The van der Waals surface area contributed by atoms with Gasteiger partial charge in [-0.3, -0.25) is 10.1 Å². The second-order valence-corrected chi connectivity index (χ2v) is 4.23. The molecule has 0 aromatic heterocycles. The molecule has 0 spiro atoms. The van der Waals surface area contributed by atoms with Crippen molar-refractivity contribution in [2.24, 2.45) is 0 Å². The highest BCUT2D eigenvalue weighted by atomic mass is 35.5. The average Bonchev–Trinajstić information content (AvgIpc) is 2.36. The van der Waals surface area contributed by atoms with Crippen molar-refractivity contribution >= 4 is 17.3 Å². The van der Waals surface area contributed by atoms with E-state index in [9.17, 15) is 14.5 Å². The molecule has 0 aliphatic carbocycles. The first-order valence-corrected chi connectivity index (χ1v) is 5.75. The third-order valence-corrected chi connectivity index (χ3v) is 2.65. The molecule has 2 aromatic rings. The molecule has 6 heteroatoms. The Kier molecular flexibility index (Phi) is 3.97. The Morgan fingerprint density at radius 3 is 2.68 bits per heavy atom. The van der Waals surface area contributed by atoms with E-state index in [4.69, 9.17) is 16.3 Å². The Bertz CT molecular complexity index is 619. The Labute approximate surface area is 113 Å². The van der Waals surface area contributed by atoms with Gasteiger partial charge in [0.15, 0.2) is 0 Å². The van der Waals surface area contributed by atoms with E-state index in [0.29, 0.717) is 16.3 Å². The van der Waals surface area contributed by atoms with Gasteiger partial charge in [0.2, 0.25) is 5.82 Å². The normalized spacial score (nSPS) is 10.2. The maximum absolute atomic E-state index is 13.4.